The van der Waals surface area contributed by atoms with Crippen LogP contribution >= 0.6 is 0 Å². The highest BCUT2D eigenvalue weighted by molar-refractivity contribution is 5.91. The van der Waals surface area contributed by atoms with E-state index in [4.69, 9.17) is 4.74 Å². The monoisotopic (exact) mass is 484 g/mol. The molecule has 0 aliphatic carbocycles. The van der Waals surface area contributed by atoms with Gasteiger partial charge in [0.2, 0.25) is 0 Å². The molecule has 1 amide bonds. The summed E-state index contributed by atoms with van der Waals surface area (Å²) < 4.78 is 21.7. The van der Waals surface area contributed by atoms with E-state index in [1.807, 2.05) is 47.0 Å². The lowest BCUT2D eigenvalue weighted by molar-refractivity contribution is 0.133. The van der Waals surface area contributed by atoms with Gasteiger partial charge in [-0.1, -0.05) is 0 Å². The predicted molar refractivity (Wildman–Crippen MR) is 136 cm³/mol. The smallest absolute Gasteiger partial charge is 0.407 e. The van der Waals surface area contributed by atoms with Crippen LogP contribution < -0.4 is 10.1 Å². The molecular weight excluding hydrogens is 459 g/mol. The second-order valence-corrected chi connectivity index (χ2v) is 8.86. The van der Waals surface area contributed by atoms with Crippen molar-refractivity contribution in [1.29, 1.82) is 5.26 Å². The number of benzene rings is 3. The molecule has 1 unspecified atom stereocenters. The minimum Gasteiger partial charge on any atom is -0.494 e. The highest BCUT2D eigenvalue weighted by atomic mass is 19.1. The topological polar surface area (TPSA) is 90.5 Å². The summed E-state index contributed by atoms with van der Waals surface area (Å²) in [6.45, 7) is 0.998. The van der Waals surface area contributed by atoms with Crippen LogP contribution in [0.25, 0.3) is 27.8 Å². The molecule has 0 spiro atoms. The maximum atomic E-state index is 14.6. The number of carbonyl (C=O) groups is 1. The molecule has 3 aromatic carbocycles. The first-order valence-electron chi connectivity index (χ1n) is 11.7. The van der Waals surface area contributed by atoms with Crippen LogP contribution in [0.4, 0.5) is 14.9 Å². The van der Waals surface area contributed by atoms with Crippen molar-refractivity contribution in [2.75, 3.05) is 25.5 Å². The van der Waals surface area contributed by atoms with Crippen LogP contribution in [0.1, 0.15) is 18.4 Å². The minimum absolute atomic E-state index is 0.0306. The molecule has 8 heteroatoms. The van der Waals surface area contributed by atoms with Crippen molar-refractivity contribution >= 4 is 22.7 Å². The second kappa shape index (κ2) is 9.62. The third-order valence-electron chi connectivity index (χ3n) is 6.57. The Hall–Kier alpha value is -4.51. The number of anilines is 1. The summed E-state index contributed by atoms with van der Waals surface area (Å²) in [7, 11) is 1.43. The van der Waals surface area contributed by atoms with Crippen molar-refractivity contribution in [3.8, 4) is 28.8 Å². The molecule has 36 heavy (non-hydrogen) atoms. The quantitative estimate of drug-likeness (QED) is 0.370. The van der Waals surface area contributed by atoms with Gasteiger partial charge >= 0.3 is 6.09 Å². The number of nitrogens with one attached hydrogen (secondary N) is 1. The minimum atomic E-state index is -0.896. The van der Waals surface area contributed by atoms with E-state index in [-0.39, 0.29) is 11.8 Å². The zero-order valence-electron chi connectivity index (χ0n) is 19.7. The summed E-state index contributed by atoms with van der Waals surface area (Å²) in [5.41, 5.74) is 4.70. The third kappa shape index (κ3) is 4.43. The molecule has 1 aliphatic rings. The average Bonchev–Trinajstić information content (AvgIpc) is 3.27. The first-order valence-corrected chi connectivity index (χ1v) is 11.7. The summed E-state index contributed by atoms with van der Waals surface area (Å²) in [4.78, 5) is 12.8. The molecule has 0 saturated carbocycles. The zero-order valence-corrected chi connectivity index (χ0v) is 19.7. The van der Waals surface area contributed by atoms with Crippen molar-refractivity contribution in [1.82, 2.24) is 9.47 Å². The van der Waals surface area contributed by atoms with E-state index in [0.29, 0.717) is 24.2 Å². The first-order chi connectivity index (χ1) is 17.5. The fraction of sp³-hybridized carbons (Fsp3) is 0.214. The number of fused-ring (bicyclic) bond motifs is 1. The molecule has 0 bridgehead atoms. The molecule has 1 fully saturated rings. The van der Waals surface area contributed by atoms with Gasteiger partial charge in [-0.05, 0) is 79.6 Å². The lowest BCUT2D eigenvalue weighted by atomic mass is 10.1. The molecule has 2 N–H and O–H groups in total. The number of aromatic nitrogens is 1. The summed E-state index contributed by atoms with van der Waals surface area (Å²) >= 11 is 0. The predicted octanol–water partition coefficient (Wildman–Crippen LogP) is 5.87. The lowest BCUT2D eigenvalue weighted by Crippen LogP contribution is -2.44. The van der Waals surface area contributed by atoms with E-state index in [1.54, 1.807) is 18.2 Å². The number of carboxylic acid groups (broad SMARTS) is 1. The maximum absolute atomic E-state index is 14.6. The number of likely N-dealkylation sites (tertiary alicyclic amines) is 1. The summed E-state index contributed by atoms with van der Waals surface area (Å²) in [5, 5.41) is 23.0. The van der Waals surface area contributed by atoms with E-state index in [2.05, 4.69) is 11.4 Å². The standard InChI is InChI=1S/C28H25FN4O3/c1-36-27-11-6-19(14-24(27)29)26-15-20-13-21(31-22-3-2-12-32(17-22)28(34)35)7-10-25(20)33(26)23-8-4-18(16-30)5-9-23/h4-11,13-15,22,31H,2-3,12,17H2,1H3,(H,34,35). The molecule has 1 aromatic heterocycles. The van der Waals surface area contributed by atoms with Gasteiger partial charge in [0.1, 0.15) is 0 Å². The summed E-state index contributed by atoms with van der Waals surface area (Å²) in [6.07, 6.45) is 0.812. The molecule has 7 nitrogen and oxygen atoms in total. The Morgan fingerprint density at radius 3 is 2.64 bits per heavy atom. The largest absolute Gasteiger partial charge is 0.494 e. The van der Waals surface area contributed by atoms with Crippen molar-refractivity contribution in [3.63, 3.8) is 0 Å². The molecular formula is C28H25FN4O3. The van der Waals surface area contributed by atoms with E-state index in [1.165, 1.54) is 18.1 Å². The van der Waals surface area contributed by atoms with E-state index >= 15 is 0 Å². The van der Waals surface area contributed by atoms with Crippen molar-refractivity contribution in [2.45, 2.75) is 18.9 Å². The number of ether oxygens (including phenoxy) is 1. The fourth-order valence-corrected chi connectivity index (χ4v) is 4.81. The number of amides is 1. The third-order valence-corrected chi connectivity index (χ3v) is 6.57. The van der Waals surface area contributed by atoms with Gasteiger partial charge in [-0.25, -0.2) is 9.18 Å². The van der Waals surface area contributed by atoms with Crippen molar-refractivity contribution in [2.24, 2.45) is 0 Å². The molecule has 5 rings (SSSR count). The van der Waals surface area contributed by atoms with Crippen LogP contribution in [0.3, 0.4) is 0 Å². The Balaban J connectivity index is 1.57. The zero-order chi connectivity index (χ0) is 25.2. The van der Waals surface area contributed by atoms with Crippen LogP contribution in [0.5, 0.6) is 5.75 Å². The fourth-order valence-electron chi connectivity index (χ4n) is 4.81. The van der Waals surface area contributed by atoms with Crippen molar-refractivity contribution < 1.29 is 19.0 Å². The summed E-state index contributed by atoms with van der Waals surface area (Å²) in [5.74, 6) is -0.275. The molecule has 2 heterocycles. The molecule has 4 aromatic rings. The van der Waals surface area contributed by atoms with Gasteiger partial charge in [0.05, 0.1) is 30.0 Å². The molecule has 182 valence electrons. The number of halogens is 1. The van der Waals surface area contributed by atoms with Crippen molar-refractivity contribution in [3.05, 3.63) is 78.1 Å². The number of rotatable bonds is 5. The van der Waals surface area contributed by atoms with Gasteiger partial charge in [-0.3, -0.25) is 0 Å². The Bertz CT molecular complexity index is 1470. The lowest BCUT2D eigenvalue weighted by Gasteiger charge is -2.31. The van der Waals surface area contributed by atoms with Crippen LogP contribution in [-0.4, -0.2) is 46.9 Å². The van der Waals surface area contributed by atoms with Crippen LogP contribution in [0.15, 0.2) is 66.7 Å². The SMILES string of the molecule is COc1ccc(-c2cc3cc(NC4CCCN(C(=O)O)C4)ccc3n2-c2ccc(C#N)cc2)cc1F. The Morgan fingerprint density at radius 1 is 1.14 bits per heavy atom. The highest BCUT2D eigenvalue weighted by Crippen LogP contribution is 2.35. The second-order valence-electron chi connectivity index (χ2n) is 8.86. The Kier molecular flexibility index (Phi) is 6.21. The number of methoxy groups -OCH3 is 1. The van der Waals surface area contributed by atoms with Crippen LogP contribution in [0.2, 0.25) is 0 Å². The number of nitriles is 1. The maximum Gasteiger partial charge on any atom is 0.407 e. The summed E-state index contributed by atoms with van der Waals surface area (Å²) in [6, 6.07) is 22.3. The number of hydrogen-bond donors (Lipinski definition) is 2. The van der Waals surface area contributed by atoms with Gasteiger partial charge in [-0.2, -0.15) is 5.26 Å². The molecule has 1 saturated heterocycles. The van der Waals surface area contributed by atoms with E-state index < -0.39 is 11.9 Å². The first kappa shape index (κ1) is 23.2. The Morgan fingerprint density at radius 2 is 1.94 bits per heavy atom. The van der Waals surface area contributed by atoms with E-state index in [0.717, 1.165) is 40.8 Å². The number of piperidine rings is 1. The van der Waals surface area contributed by atoms with Gasteiger partial charge < -0.3 is 24.6 Å². The number of hydrogen-bond acceptors (Lipinski definition) is 4. The van der Waals surface area contributed by atoms with Gasteiger partial charge in [-0.15, -0.1) is 0 Å². The van der Waals surface area contributed by atoms with Gasteiger partial charge in [0.15, 0.2) is 11.6 Å². The molecule has 1 atom stereocenters. The van der Waals surface area contributed by atoms with Crippen LogP contribution in [-0.2, 0) is 0 Å². The Labute approximate surface area is 207 Å². The van der Waals surface area contributed by atoms with Gasteiger partial charge in [0.25, 0.3) is 0 Å². The van der Waals surface area contributed by atoms with Gasteiger partial charge in [0, 0.05) is 41.5 Å². The van der Waals surface area contributed by atoms with E-state index in [9.17, 15) is 19.6 Å². The average molecular weight is 485 g/mol. The molecule has 1 aliphatic heterocycles. The molecule has 0 radical (unpaired) electrons. The van der Waals surface area contributed by atoms with Crippen LogP contribution in [0, 0.1) is 17.1 Å². The normalized spacial score (nSPS) is 15.5. The highest BCUT2D eigenvalue weighted by Gasteiger charge is 2.23. The number of nitrogens with zero attached hydrogens (tertiary/aromatic N) is 3.